The van der Waals surface area contributed by atoms with Gasteiger partial charge in [-0.05, 0) is 18.6 Å². The van der Waals surface area contributed by atoms with Crippen molar-refractivity contribution in [2.75, 3.05) is 68.9 Å². The zero-order valence-electron chi connectivity index (χ0n) is 16.6. The topological polar surface area (TPSA) is 54.0 Å². The predicted molar refractivity (Wildman–Crippen MR) is 110 cm³/mol. The second-order valence-corrected chi connectivity index (χ2v) is 7.12. The van der Waals surface area contributed by atoms with E-state index in [1.54, 1.807) is 6.20 Å². The van der Waals surface area contributed by atoms with Gasteiger partial charge in [-0.15, -0.1) is 0 Å². The first kappa shape index (κ1) is 19.0. The molecule has 7 nitrogen and oxygen atoms in total. The van der Waals surface area contributed by atoms with Crippen LogP contribution in [0, 0.1) is 0 Å². The van der Waals surface area contributed by atoms with Crippen LogP contribution >= 0.6 is 0 Å². The van der Waals surface area contributed by atoms with Gasteiger partial charge in [0.05, 0.1) is 19.8 Å². The Bertz CT molecular complexity index is 758. The van der Waals surface area contributed by atoms with E-state index in [-0.39, 0.29) is 0 Å². The maximum absolute atomic E-state index is 5.51. The molecule has 4 rings (SSSR count). The average Bonchev–Trinajstić information content (AvgIpc) is 2.76. The Hall–Kier alpha value is -2.38. The van der Waals surface area contributed by atoms with E-state index in [0.717, 1.165) is 65.0 Å². The highest BCUT2D eigenvalue weighted by atomic mass is 16.5. The molecule has 0 aliphatic carbocycles. The van der Waals surface area contributed by atoms with E-state index in [0.29, 0.717) is 12.5 Å². The van der Waals surface area contributed by atoms with Crippen molar-refractivity contribution < 1.29 is 9.47 Å². The molecule has 3 heterocycles. The number of para-hydroxylation sites is 1. The fraction of sp³-hybridized carbons (Fsp3) is 0.524. The number of anilines is 2. The maximum Gasteiger partial charge on any atom is 0.228 e. The van der Waals surface area contributed by atoms with Crippen LogP contribution in [0.5, 0.6) is 5.88 Å². The highest BCUT2D eigenvalue weighted by Crippen LogP contribution is 2.24. The summed E-state index contributed by atoms with van der Waals surface area (Å²) in [6.45, 7) is 11.0. The molecule has 2 aliphatic rings. The van der Waals surface area contributed by atoms with Crippen molar-refractivity contribution in [1.82, 2.24) is 14.9 Å². The van der Waals surface area contributed by atoms with Crippen molar-refractivity contribution >= 4 is 11.6 Å². The van der Waals surface area contributed by atoms with E-state index >= 15 is 0 Å². The van der Waals surface area contributed by atoms with Crippen molar-refractivity contribution in [2.24, 2.45) is 0 Å². The monoisotopic (exact) mass is 383 g/mol. The molecule has 2 fully saturated rings. The molecule has 150 valence electrons. The summed E-state index contributed by atoms with van der Waals surface area (Å²) in [6, 6.07) is 10.6. The summed E-state index contributed by atoms with van der Waals surface area (Å²) in [4.78, 5) is 16.2. The van der Waals surface area contributed by atoms with E-state index in [1.807, 2.05) is 13.0 Å². The SMILES string of the molecule is CCOc1ccnc(N2CCN(Cc3ccccc3N3CCOCC3)CC2)n1. The van der Waals surface area contributed by atoms with Crippen molar-refractivity contribution in [3.8, 4) is 5.88 Å². The summed E-state index contributed by atoms with van der Waals surface area (Å²) in [6.07, 6.45) is 1.78. The number of hydrogen-bond donors (Lipinski definition) is 0. The van der Waals surface area contributed by atoms with Gasteiger partial charge >= 0.3 is 0 Å². The summed E-state index contributed by atoms with van der Waals surface area (Å²) in [5.41, 5.74) is 2.74. The smallest absolute Gasteiger partial charge is 0.228 e. The van der Waals surface area contributed by atoms with Gasteiger partial charge < -0.3 is 19.3 Å². The van der Waals surface area contributed by atoms with E-state index in [9.17, 15) is 0 Å². The van der Waals surface area contributed by atoms with Crippen molar-refractivity contribution in [3.05, 3.63) is 42.1 Å². The fourth-order valence-corrected chi connectivity index (χ4v) is 3.82. The lowest BCUT2D eigenvalue weighted by Crippen LogP contribution is -2.46. The zero-order chi connectivity index (χ0) is 19.2. The van der Waals surface area contributed by atoms with E-state index in [1.165, 1.54) is 11.3 Å². The van der Waals surface area contributed by atoms with Gasteiger partial charge in [-0.2, -0.15) is 4.98 Å². The average molecular weight is 383 g/mol. The van der Waals surface area contributed by atoms with E-state index < -0.39 is 0 Å². The highest BCUT2D eigenvalue weighted by molar-refractivity contribution is 5.54. The lowest BCUT2D eigenvalue weighted by molar-refractivity contribution is 0.122. The second kappa shape index (κ2) is 9.21. The molecule has 2 aliphatic heterocycles. The molecule has 1 aromatic carbocycles. The van der Waals surface area contributed by atoms with Gasteiger partial charge in [-0.3, -0.25) is 4.90 Å². The number of hydrogen-bond acceptors (Lipinski definition) is 7. The van der Waals surface area contributed by atoms with Crippen LogP contribution in [0.2, 0.25) is 0 Å². The summed E-state index contributed by atoms with van der Waals surface area (Å²) in [5.74, 6) is 1.41. The molecule has 0 radical (unpaired) electrons. The summed E-state index contributed by atoms with van der Waals surface area (Å²) in [7, 11) is 0. The van der Waals surface area contributed by atoms with Gasteiger partial charge in [-0.25, -0.2) is 4.98 Å². The Labute approximate surface area is 166 Å². The number of piperazine rings is 1. The Morgan fingerprint density at radius 2 is 1.75 bits per heavy atom. The van der Waals surface area contributed by atoms with Gasteiger partial charge in [0.25, 0.3) is 0 Å². The molecular weight excluding hydrogens is 354 g/mol. The lowest BCUT2D eigenvalue weighted by atomic mass is 10.1. The van der Waals surface area contributed by atoms with Crippen LogP contribution in [-0.2, 0) is 11.3 Å². The van der Waals surface area contributed by atoms with Gasteiger partial charge in [0.15, 0.2) is 0 Å². The summed E-state index contributed by atoms with van der Waals surface area (Å²) in [5, 5.41) is 0. The van der Waals surface area contributed by atoms with Crippen LogP contribution in [0.4, 0.5) is 11.6 Å². The number of nitrogens with zero attached hydrogens (tertiary/aromatic N) is 5. The van der Waals surface area contributed by atoms with Crippen LogP contribution in [-0.4, -0.2) is 74.0 Å². The molecule has 0 atom stereocenters. The maximum atomic E-state index is 5.51. The minimum Gasteiger partial charge on any atom is -0.478 e. The molecule has 0 N–H and O–H groups in total. The second-order valence-electron chi connectivity index (χ2n) is 7.12. The molecule has 2 saturated heterocycles. The Kier molecular flexibility index (Phi) is 6.24. The number of rotatable bonds is 6. The third kappa shape index (κ3) is 4.54. The van der Waals surface area contributed by atoms with Crippen molar-refractivity contribution in [1.29, 1.82) is 0 Å². The number of morpholine rings is 1. The molecule has 0 unspecified atom stereocenters. The van der Waals surface area contributed by atoms with E-state index in [4.69, 9.17) is 9.47 Å². The summed E-state index contributed by atoms with van der Waals surface area (Å²) >= 11 is 0. The molecule has 2 aromatic rings. The minimum absolute atomic E-state index is 0.618. The molecule has 0 spiro atoms. The molecule has 0 amide bonds. The number of ether oxygens (including phenoxy) is 2. The highest BCUT2D eigenvalue weighted by Gasteiger charge is 2.21. The first-order valence-electron chi connectivity index (χ1n) is 10.2. The van der Waals surface area contributed by atoms with E-state index in [2.05, 4.69) is 48.9 Å². The molecular formula is C21H29N5O2. The van der Waals surface area contributed by atoms with Crippen LogP contribution < -0.4 is 14.5 Å². The number of benzene rings is 1. The number of aromatic nitrogens is 2. The zero-order valence-corrected chi connectivity index (χ0v) is 16.6. The Balaban J connectivity index is 1.37. The molecule has 0 saturated carbocycles. The van der Waals surface area contributed by atoms with Crippen LogP contribution in [0.15, 0.2) is 36.5 Å². The standard InChI is InChI=1S/C21H29N5O2/c1-2-28-20-7-8-22-21(23-20)26-11-9-24(10-12-26)17-18-5-3-4-6-19(18)25-13-15-27-16-14-25/h3-8H,2,9-17H2,1H3. The van der Waals surface area contributed by atoms with Gasteiger partial charge in [0.2, 0.25) is 11.8 Å². The van der Waals surface area contributed by atoms with Crippen LogP contribution in [0.1, 0.15) is 12.5 Å². The third-order valence-corrected chi connectivity index (χ3v) is 5.30. The Morgan fingerprint density at radius 3 is 2.54 bits per heavy atom. The molecule has 7 heteroatoms. The summed E-state index contributed by atoms with van der Waals surface area (Å²) < 4.78 is 11.0. The first-order chi connectivity index (χ1) is 13.8. The quantitative estimate of drug-likeness (QED) is 0.757. The normalized spacial score (nSPS) is 18.3. The fourth-order valence-electron chi connectivity index (χ4n) is 3.82. The molecule has 1 aromatic heterocycles. The van der Waals surface area contributed by atoms with Gasteiger partial charge in [0, 0.05) is 63.8 Å². The largest absolute Gasteiger partial charge is 0.478 e. The minimum atomic E-state index is 0.618. The van der Waals surface area contributed by atoms with Crippen LogP contribution in [0.25, 0.3) is 0 Å². The lowest BCUT2D eigenvalue weighted by Gasteiger charge is -2.36. The van der Waals surface area contributed by atoms with Crippen molar-refractivity contribution in [2.45, 2.75) is 13.5 Å². The van der Waals surface area contributed by atoms with Gasteiger partial charge in [0.1, 0.15) is 0 Å². The van der Waals surface area contributed by atoms with Gasteiger partial charge in [-0.1, -0.05) is 18.2 Å². The Morgan fingerprint density at radius 1 is 0.964 bits per heavy atom. The predicted octanol–water partition coefficient (Wildman–Crippen LogP) is 2.03. The molecule has 28 heavy (non-hydrogen) atoms. The van der Waals surface area contributed by atoms with Crippen molar-refractivity contribution in [3.63, 3.8) is 0 Å². The first-order valence-corrected chi connectivity index (χ1v) is 10.2. The third-order valence-electron chi connectivity index (χ3n) is 5.30. The van der Waals surface area contributed by atoms with Crippen LogP contribution in [0.3, 0.4) is 0 Å². The molecule has 0 bridgehead atoms.